The second kappa shape index (κ2) is 6.08. The van der Waals surface area contributed by atoms with Crippen molar-refractivity contribution in [2.45, 2.75) is 32.4 Å². The quantitative estimate of drug-likeness (QED) is 0.915. The number of aryl methyl sites for hydroxylation is 2. The number of benzene rings is 1. The van der Waals surface area contributed by atoms with Gasteiger partial charge in [-0.05, 0) is 49.6 Å². The number of nitrogens with zero attached hydrogens (tertiary/aromatic N) is 1. The van der Waals surface area contributed by atoms with Crippen LogP contribution in [0.5, 0.6) is 5.75 Å². The highest BCUT2D eigenvalue weighted by atomic mass is 16.5. The van der Waals surface area contributed by atoms with Gasteiger partial charge in [0.25, 0.3) is 5.91 Å². The van der Waals surface area contributed by atoms with Crippen molar-refractivity contribution in [2.24, 2.45) is 0 Å². The molecular weight excluding hydrogens is 292 g/mol. The summed E-state index contributed by atoms with van der Waals surface area (Å²) in [5.41, 5.74) is 3.47. The van der Waals surface area contributed by atoms with Crippen LogP contribution < -0.4 is 4.74 Å². The number of nitrogens with one attached hydrogen (secondary N) is 1. The molecule has 0 bridgehead atoms. The number of hydrogen-bond acceptors (Lipinski definition) is 3. The van der Waals surface area contributed by atoms with E-state index in [1.165, 1.54) is 0 Å². The predicted octanol–water partition coefficient (Wildman–Crippen LogP) is 2.59. The first kappa shape index (κ1) is 15.6. The van der Waals surface area contributed by atoms with Crippen LogP contribution in [0.1, 0.15) is 39.8 Å². The summed E-state index contributed by atoms with van der Waals surface area (Å²) >= 11 is 0. The number of rotatable bonds is 3. The van der Waals surface area contributed by atoms with Crippen LogP contribution in [0.15, 0.2) is 30.3 Å². The summed E-state index contributed by atoms with van der Waals surface area (Å²) in [7, 11) is 1.62. The summed E-state index contributed by atoms with van der Waals surface area (Å²) in [5.74, 6) is 0.683. The van der Waals surface area contributed by atoms with Gasteiger partial charge in [0.15, 0.2) is 0 Å². The zero-order valence-electron chi connectivity index (χ0n) is 13.7. The van der Waals surface area contributed by atoms with Gasteiger partial charge in [-0.15, -0.1) is 0 Å². The third-order valence-electron chi connectivity index (χ3n) is 4.38. The maximum absolute atomic E-state index is 12.9. The van der Waals surface area contributed by atoms with Crippen molar-refractivity contribution in [3.63, 3.8) is 0 Å². The van der Waals surface area contributed by atoms with Gasteiger partial charge in [0.1, 0.15) is 11.4 Å². The standard InChI is InChI=1S/C18H22N2O3/c1-11-7-12(2)19-17(11)18(22)20-10-14(21)9-16(20)13-5-4-6-15(8-13)23-3/h4-8,14,16,19,21H,9-10H2,1-3H3/t14-,16-/m1/s1. The van der Waals surface area contributed by atoms with Crippen molar-refractivity contribution in [3.05, 3.63) is 52.8 Å². The fourth-order valence-corrected chi connectivity index (χ4v) is 3.30. The van der Waals surface area contributed by atoms with E-state index in [4.69, 9.17) is 4.74 Å². The Morgan fingerprint density at radius 2 is 2.13 bits per heavy atom. The molecule has 0 unspecified atom stereocenters. The zero-order chi connectivity index (χ0) is 16.6. The SMILES string of the molecule is COc1cccc([C@H]2C[C@@H](O)CN2C(=O)c2[nH]c(C)cc2C)c1. The number of carbonyl (C=O) groups excluding carboxylic acids is 1. The van der Waals surface area contributed by atoms with Crippen LogP contribution >= 0.6 is 0 Å². The molecule has 5 nitrogen and oxygen atoms in total. The minimum atomic E-state index is -0.508. The van der Waals surface area contributed by atoms with Crippen molar-refractivity contribution < 1.29 is 14.6 Å². The Labute approximate surface area is 135 Å². The molecule has 2 atom stereocenters. The van der Waals surface area contributed by atoms with E-state index in [-0.39, 0.29) is 11.9 Å². The zero-order valence-corrected chi connectivity index (χ0v) is 13.7. The molecule has 2 aromatic rings. The highest BCUT2D eigenvalue weighted by Gasteiger charge is 2.36. The minimum Gasteiger partial charge on any atom is -0.497 e. The number of likely N-dealkylation sites (tertiary alicyclic amines) is 1. The van der Waals surface area contributed by atoms with E-state index in [0.717, 1.165) is 22.6 Å². The van der Waals surface area contributed by atoms with E-state index in [1.54, 1.807) is 12.0 Å². The average Bonchev–Trinajstić information content (AvgIpc) is 3.09. The molecule has 0 aliphatic carbocycles. The van der Waals surface area contributed by atoms with Gasteiger partial charge in [0, 0.05) is 12.2 Å². The summed E-state index contributed by atoms with van der Waals surface area (Å²) in [6.07, 6.45) is 0.0315. The molecule has 1 aromatic heterocycles. The Bertz CT molecular complexity index is 723. The Morgan fingerprint density at radius 3 is 2.78 bits per heavy atom. The highest BCUT2D eigenvalue weighted by Crippen LogP contribution is 2.35. The van der Waals surface area contributed by atoms with Gasteiger partial charge in [0.2, 0.25) is 0 Å². The number of β-amino-alcohol motifs (C(OH)–C–C–N with tert-alkyl or cyclic N) is 1. The van der Waals surface area contributed by atoms with Crippen molar-refractivity contribution in [1.29, 1.82) is 0 Å². The van der Waals surface area contributed by atoms with Crippen molar-refractivity contribution in [2.75, 3.05) is 13.7 Å². The number of H-pyrrole nitrogens is 1. The largest absolute Gasteiger partial charge is 0.497 e. The summed E-state index contributed by atoms with van der Waals surface area (Å²) in [4.78, 5) is 17.8. The molecule has 1 amide bonds. The first-order valence-electron chi connectivity index (χ1n) is 7.78. The number of aliphatic hydroxyl groups excluding tert-OH is 1. The second-order valence-electron chi connectivity index (χ2n) is 6.15. The molecule has 2 heterocycles. The summed E-state index contributed by atoms with van der Waals surface area (Å²) < 4.78 is 5.27. The number of amides is 1. The topological polar surface area (TPSA) is 65.6 Å². The number of aromatic nitrogens is 1. The van der Waals surface area contributed by atoms with Gasteiger partial charge in [-0.25, -0.2) is 0 Å². The van der Waals surface area contributed by atoms with E-state index >= 15 is 0 Å². The number of carbonyl (C=O) groups is 1. The maximum atomic E-state index is 12.9. The fourth-order valence-electron chi connectivity index (χ4n) is 3.30. The Balaban J connectivity index is 1.93. The van der Waals surface area contributed by atoms with Crippen LogP contribution in [0.25, 0.3) is 0 Å². The molecule has 1 aromatic carbocycles. The molecule has 1 saturated heterocycles. The molecule has 23 heavy (non-hydrogen) atoms. The molecule has 2 N–H and O–H groups in total. The number of methoxy groups -OCH3 is 1. The average molecular weight is 314 g/mol. The predicted molar refractivity (Wildman–Crippen MR) is 87.7 cm³/mol. The van der Waals surface area contributed by atoms with Crippen LogP contribution in [0.2, 0.25) is 0 Å². The lowest BCUT2D eigenvalue weighted by Crippen LogP contribution is -2.32. The first-order valence-corrected chi connectivity index (χ1v) is 7.78. The molecule has 0 radical (unpaired) electrons. The fraction of sp³-hybridized carbons (Fsp3) is 0.389. The van der Waals surface area contributed by atoms with Gasteiger partial charge in [0.05, 0.1) is 19.3 Å². The van der Waals surface area contributed by atoms with Crippen LogP contribution in [-0.4, -0.2) is 40.7 Å². The molecule has 1 aliphatic rings. The first-order chi connectivity index (χ1) is 11.0. The van der Waals surface area contributed by atoms with Crippen LogP contribution in [0.3, 0.4) is 0 Å². The molecule has 5 heteroatoms. The maximum Gasteiger partial charge on any atom is 0.271 e. The molecule has 122 valence electrons. The monoisotopic (exact) mass is 314 g/mol. The van der Waals surface area contributed by atoms with Gasteiger partial charge in [-0.2, -0.15) is 0 Å². The van der Waals surface area contributed by atoms with E-state index in [1.807, 2.05) is 44.2 Å². The Hall–Kier alpha value is -2.27. The molecule has 3 rings (SSSR count). The molecule has 1 fully saturated rings. The van der Waals surface area contributed by atoms with E-state index < -0.39 is 6.10 Å². The van der Waals surface area contributed by atoms with Gasteiger partial charge in [-0.3, -0.25) is 4.79 Å². The van der Waals surface area contributed by atoms with Crippen molar-refractivity contribution in [3.8, 4) is 5.75 Å². The lowest BCUT2D eigenvalue weighted by molar-refractivity contribution is 0.0709. The number of ether oxygens (including phenoxy) is 1. The number of aromatic amines is 1. The smallest absolute Gasteiger partial charge is 0.271 e. The van der Waals surface area contributed by atoms with Crippen molar-refractivity contribution >= 4 is 5.91 Å². The normalized spacial score (nSPS) is 20.8. The highest BCUT2D eigenvalue weighted by molar-refractivity contribution is 5.94. The lowest BCUT2D eigenvalue weighted by Gasteiger charge is -2.25. The van der Waals surface area contributed by atoms with Gasteiger partial charge in [-0.1, -0.05) is 12.1 Å². The van der Waals surface area contributed by atoms with Gasteiger partial charge >= 0.3 is 0 Å². The summed E-state index contributed by atoms with van der Waals surface area (Å²) in [6, 6.07) is 9.50. The van der Waals surface area contributed by atoms with Crippen molar-refractivity contribution in [1.82, 2.24) is 9.88 Å². The van der Waals surface area contributed by atoms with E-state index in [0.29, 0.717) is 18.7 Å². The lowest BCUT2D eigenvalue weighted by atomic mass is 10.0. The molecule has 0 saturated carbocycles. The Morgan fingerprint density at radius 1 is 1.35 bits per heavy atom. The Kier molecular flexibility index (Phi) is 4.13. The van der Waals surface area contributed by atoms with Crippen LogP contribution in [0, 0.1) is 13.8 Å². The van der Waals surface area contributed by atoms with E-state index in [2.05, 4.69) is 4.98 Å². The van der Waals surface area contributed by atoms with Crippen LogP contribution in [0.4, 0.5) is 0 Å². The number of hydrogen-bond donors (Lipinski definition) is 2. The minimum absolute atomic E-state index is 0.0695. The third-order valence-corrected chi connectivity index (χ3v) is 4.38. The second-order valence-corrected chi connectivity index (χ2v) is 6.15. The molecular formula is C18H22N2O3. The third kappa shape index (κ3) is 2.97. The number of aliphatic hydroxyl groups is 1. The molecule has 1 aliphatic heterocycles. The molecule has 0 spiro atoms. The van der Waals surface area contributed by atoms with Gasteiger partial charge < -0.3 is 19.7 Å². The van der Waals surface area contributed by atoms with Crippen LogP contribution in [-0.2, 0) is 0 Å². The summed E-state index contributed by atoms with van der Waals surface area (Å²) in [5, 5.41) is 10.1. The van der Waals surface area contributed by atoms with E-state index in [9.17, 15) is 9.90 Å². The summed E-state index contributed by atoms with van der Waals surface area (Å²) in [6.45, 7) is 4.20.